The molecule has 0 unspecified atom stereocenters. The molecule has 1 aliphatic rings. The maximum atomic E-state index is 13.5. The number of carbonyl (C=O) groups excluding carboxylic acids is 1. The maximum Gasteiger partial charge on any atom is 0.417 e. The number of halogens is 3. The molecule has 40 heavy (non-hydrogen) atoms. The molecule has 10 heteroatoms. The number of carbonyl (C=O) groups is 1. The SMILES string of the molecule is Cn1cc(-c2ccc(N(C(=O)NCc3ccccc3)[C@H]3CC[C@H](Nc4ccc(C(F)(F)F)cn4)CC3)cc2)cn1. The Bertz CT molecular complexity index is 1400. The molecule has 0 radical (unpaired) electrons. The van der Waals surface area contributed by atoms with Gasteiger partial charge in [0.05, 0.1) is 11.8 Å². The van der Waals surface area contributed by atoms with Gasteiger partial charge in [-0.25, -0.2) is 9.78 Å². The lowest BCUT2D eigenvalue weighted by molar-refractivity contribution is -0.137. The van der Waals surface area contributed by atoms with E-state index < -0.39 is 11.7 Å². The summed E-state index contributed by atoms with van der Waals surface area (Å²) in [5.74, 6) is 0.417. The van der Waals surface area contributed by atoms with Crippen LogP contribution >= 0.6 is 0 Å². The molecule has 1 fully saturated rings. The Kier molecular flexibility index (Phi) is 8.04. The number of anilines is 2. The van der Waals surface area contributed by atoms with E-state index in [2.05, 4.69) is 20.7 Å². The van der Waals surface area contributed by atoms with Crippen LogP contribution in [-0.2, 0) is 19.8 Å². The van der Waals surface area contributed by atoms with Crippen molar-refractivity contribution in [2.75, 3.05) is 10.2 Å². The fourth-order valence-corrected chi connectivity index (χ4v) is 5.07. The van der Waals surface area contributed by atoms with E-state index in [1.807, 2.05) is 72.7 Å². The molecule has 0 saturated heterocycles. The number of alkyl halides is 3. The Hall–Kier alpha value is -4.34. The molecule has 5 rings (SSSR count). The van der Waals surface area contributed by atoms with Gasteiger partial charge in [-0.05, 0) is 61.1 Å². The summed E-state index contributed by atoms with van der Waals surface area (Å²) >= 11 is 0. The van der Waals surface area contributed by atoms with Gasteiger partial charge in [-0.15, -0.1) is 0 Å². The summed E-state index contributed by atoms with van der Waals surface area (Å²) in [6, 6.07) is 19.9. The number of rotatable bonds is 7. The lowest BCUT2D eigenvalue weighted by Crippen LogP contribution is -2.48. The first-order valence-corrected chi connectivity index (χ1v) is 13.3. The second-order valence-electron chi connectivity index (χ2n) is 10.0. The third kappa shape index (κ3) is 6.62. The Labute approximate surface area is 231 Å². The van der Waals surface area contributed by atoms with E-state index in [0.717, 1.165) is 60.3 Å². The molecule has 1 saturated carbocycles. The first-order chi connectivity index (χ1) is 19.3. The third-order valence-corrected chi connectivity index (χ3v) is 7.19. The van der Waals surface area contributed by atoms with E-state index in [4.69, 9.17) is 0 Å². The number of pyridine rings is 1. The van der Waals surface area contributed by atoms with Gasteiger partial charge < -0.3 is 10.6 Å². The van der Waals surface area contributed by atoms with Gasteiger partial charge in [0.25, 0.3) is 0 Å². The molecule has 2 aromatic heterocycles. The van der Waals surface area contributed by atoms with Crippen LogP contribution in [0.25, 0.3) is 11.1 Å². The molecule has 7 nitrogen and oxygen atoms in total. The average molecular weight is 549 g/mol. The Morgan fingerprint density at radius 2 is 1.68 bits per heavy atom. The minimum Gasteiger partial charge on any atom is -0.367 e. The van der Waals surface area contributed by atoms with Crippen molar-refractivity contribution in [3.8, 4) is 11.1 Å². The highest BCUT2D eigenvalue weighted by Crippen LogP contribution is 2.32. The van der Waals surface area contributed by atoms with Crippen LogP contribution in [0.1, 0.15) is 36.8 Å². The number of hydrogen-bond donors (Lipinski definition) is 2. The van der Waals surface area contributed by atoms with E-state index in [1.54, 1.807) is 10.9 Å². The molecule has 2 heterocycles. The number of urea groups is 1. The van der Waals surface area contributed by atoms with Crippen LogP contribution in [0.3, 0.4) is 0 Å². The van der Waals surface area contributed by atoms with Crippen LogP contribution in [0.2, 0.25) is 0 Å². The van der Waals surface area contributed by atoms with Crippen molar-refractivity contribution < 1.29 is 18.0 Å². The summed E-state index contributed by atoms with van der Waals surface area (Å²) in [4.78, 5) is 19.3. The van der Waals surface area contributed by atoms with Gasteiger partial charge in [-0.2, -0.15) is 18.3 Å². The number of aromatic nitrogens is 3. The Morgan fingerprint density at radius 1 is 0.950 bits per heavy atom. The summed E-state index contributed by atoms with van der Waals surface area (Å²) in [5, 5.41) is 10.6. The molecule has 4 aromatic rings. The highest BCUT2D eigenvalue weighted by Gasteiger charge is 2.32. The van der Waals surface area contributed by atoms with Gasteiger partial charge in [0.15, 0.2) is 0 Å². The van der Waals surface area contributed by atoms with Gasteiger partial charge in [0.1, 0.15) is 5.82 Å². The molecule has 0 aliphatic heterocycles. The number of nitrogens with one attached hydrogen (secondary N) is 2. The molecule has 0 bridgehead atoms. The first kappa shape index (κ1) is 27.2. The minimum absolute atomic E-state index is 0.0290. The number of hydrogen-bond acceptors (Lipinski definition) is 4. The lowest BCUT2D eigenvalue weighted by atomic mass is 9.89. The Balaban J connectivity index is 1.28. The van der Waals surface area contributed by atoms with E-state index >= 15 is 0 Å². The van der Waals surface area contributed by atoms with Gasteiger partial charge in [0.2, 0.25) is 0 Å². The fourth-order valence-electron chi connectivity index (χ4n) is 5.07. The van der Waals surface area contributed by atoms with E-state index in [-0.39, 0.29) is 18.1 Å². The van der Waals surface area contributed by atoms with Crippen molar-refractivity contribution in [2.45, 2.75) is 50.5 Å². The zero-order valence-corrected chi connectivity index (χ0v) is 22.1. The number of nitrogens with zero attached hydrogens (tertiary/aromatic N) is 4. The molecule has 2 aromatic carbocycles. The highest BCUT2D eigenvalue weighted by atomic mass is 19.4. The van der Waals surface area contributed by atoms with Crippen LogP contribution in [0.4, 0.5) is 29.5 Å². The topological polar surface area (TPSA) is 75.1 Å². The van der Waals surface area contributed by atoms with Gasteiger partial charge >= 0.3 is 12.2 Å². The van der Waals surface area contributed by atoms with Crippen molar-refractivity contribution in [3.05, 3.63) is 96.4 Å². The average Bonchev–Trinajstić information content (AvgIpc) is 3.40. The fraction of sp³-hybridized carbons (Fsp3) is 0.300. The second-order valence-corrected chi connectivity index (χ2v) is 10.0. The number of benzene rings is 2. The molecule has 208 valence electrons. The molecule has 1 aliphatic carbocycles. The quantitative estimate of drug-likeness (QED) is 0.272. The first-order valence-electron chi connectivity index (χ1n) is 13.3. The van der Waals surface area contributed by atoms with E-state index in [1.165, 1.54) is 6.07 Å². The summed E-state index contributed by atoms with van der Waals surface area (Å²) in [7, 11) is 1.87. The lowest BCUT2D eigenvalue weighted by Gasteiger charge is -2.37. The van der Waals surface area contributed by atoms with E-state index in [0.29, 0.717) is 12.4 Å². The molecular weight excluding hydrogens is 517 g/mol. The molecule has 2 amide bonds. The predicted octanol–water partition coefficient (Wildman–Crippen LogP) is 6.64. The predicted molar refractivity (Wildman–Crippen MR) is 149 cm³/mol. The normalized spacial score (nSPS) is 17.3. The zero-order valence-electron chi connectivity index (χ0n) is 22.1. The van der Waals surface area contributed by atoms with Crippen molar-refractivity contribution >= 4 is 17.5 Å². The largest absolute Gasteiger partial charge is 0.417 e. The zero-order chi connectivity index (χ0) is 28.1. The van der Waals surface area contributed by atoms with Crippen molar-refractivity contribution in [3.63, 3.8) is 0 Å². The second kappa shape index (κ2) is 11.8. The number of aryl methyl sites for hydroxylation is 1. The summed E-state index contributed by atoms with van der Waals surface area (Å²) in [6.07, 6.45) is 3.17. The van der Waals surface area contributed by atoms with Crippen LogP contribution in [0, 0.1) is 0 Å². The van der Waals surface area contributed by atoms with Crippen molar-refractivity contribution in [1.29, 1.82) is 0 Å². The van der Waals surface area contributed by atoms with Crippen LogP contribution in [-0.4, -0.2) is 32.9 Å². The Morgan fingerprint density at radius 3 is 2.27 bits per heavy atom. The number of amides is 2. The van der Waals surface area contributed by atoms with Crippen molar-refractivity contribution in [2.24, 2.45) is 7.05 Å². The minimum atomic E-state index is -4.41. The van der Waals surface area contributed by atoms with Crippen molar-refractivity contribution in [1.82, 2.24) is 20.1 Å². The van der Waals surface area contributed by atoms with Gasteiger partial charge in [0, 0.05) is 49.3 Å². The molecule has 2 N–H and O–H groups in total. The third-order valence-electron chi connectivity index (χ3n) is 7.19. The van der Waals surface area contributed by atoms with Gasteiger partial charge in [-0.3, -0.25) is 9.58 Å². The smallest absolute Gasteiger partial charge is 0.367 e. The van der Waals surface area contributed by atoms with Crippen LogP contribution < -0.4 is 15.5 Å². The summed E-state index contributed by atoms with van der Waals surface area (Å²) in [5.41, 5.74) is 3.06. The van der Waals surface area contributed by atoms with Crippen LogP contribution in [0.15, 0.2) is 85.3 Å². The van der Waals surface area contributed by atoms with Gasteiger partial charge in [-0.1, -0.05) is 42.5 Å². The molecule has 0 atom stereocenters. The summed E-state index contributed by atoms with van der Waals surface area (Å²) in [6.45, 7) is 0.417. The molecule has 0 spiro atoms. The maximum absolute atomic E-state index is 13.5. The monoisotopic (exact) mass is 548 g/mol. The summed E-state index contributed by atoms with van der Waals surface area (Å²) < 4.78 is 40.3. The van der Waals surface area contributed by atoms with E-state index in [9.17, 15) is 18.0 Å². The molecular formula is C30H31F3N6O. The highest BCUT2D eigenvalue weighted by molar-refractivity contribution is 5.93. The standard InChI is InChI=1S/C30H31F3N6O/c1-38-20-23(18-36-38)22-7-12-26(13-8-22)39(29(40)35-17-21-5-3-2-4-6-21)27-14-10-25(11-15-27)37-28-16-9-24(19-34-28)30(31,32)33/h2-9,12-13,16,18-20,25,27H,10-11,14-15,17H2,1H3,(H,34,37)(H,35,40)/t25-,27-. The van der Waals surface area contributed by atoms with Crippen LogP contribution in [0.5, 0.6) is 0 Å².